The van der Waals surface area contributed by atoms with E-state index in [0.717, 1.165) is 21.2 Å². The van der Waals surface area contributed by atoms with Gasteiger partial charge in [0.25, 0.3) is 5.56 Å². The molecular formula is C26H26N6O4. The molecule has 2 aromatic heterocycles. The molecule has 1 aliphatic heterocycles. The Morgan fingerprint density at radius 2 is 1.81 bits per heavy atom. The highest BCUT2D eigenvalue weighted by atomic mass is 16.5. The summed E-state index contributed by atoms with van der Waals surface area (Å²) in [5.74, 6) is 0.217. The van der Waals surface area contributed by atoms with Gasteiger partial charge in [0.1, 0.15) is 0 Å². The van der Waals surface area contributed by atoms with E-state index < -0.39 is 11.2 Å². The molecule has 10 nitrogen and oxygen atoms in total. The van der Waals surface area contributed by atoms with Gasteiger partial charge in [-0.3, -0.25) is 14.2 Å². The van der Waals surface area contributed by atoms with Gasteiger partial charge in [-0.05, 0) is 43.5 Å². The predicted octanol–water partition coefficient (Wildman–Crippen LogP) is 2.29. The van der Waals surface area contributed by atoms with E-state index in [4.69, 9.17) is 4.52 Å². The summed E-state index contributed by atoms with van der Waals surface area (Å²) in [6.07, 6.45) is 1.28. The summed E-state index contributed by atoms with van der Waals surface area (Å²) in [5, 5.41) is 8.18. The van der Waals surface area contributed by atoms with Crippen molar-refractivity contribution in [3.63, 3.8) is 0 Å². The van der Waals surface area contributed by atoms with E-state index in [1.165, 1.54) is 11.1 Å². The number of rotatable bonds is 6. The molecule has 0 saturated heterocycles. The molecule has 0 radical (unpaired) electrons. The molecule has 4 aromatic rings. The van der Waals surface area contributed by atoms with E-state index in [2.05, 4.69) is 21.3 Å². The van der Waals surface area contributed by atoms with E-state index in [9.17, 15) is 14.4 Å². The van der Waals surface area contributed by atoms with Gasteiger partial charge < -0.3 is 9.42 Å². The number of fused-ring (bicyclic) bond motifs is 1. The number of hydrogen-bond acceptors (Lipinski definition) is 7. The first-order chi connectivity index (χ1) is 17.4. The number of carbonyl (C=O) groups is 1. The van der Waals surface area contributed by atoms with E-state index in [0.29, 0.717) is 18.8 Å². The van der Waals surface area contributed by atoms with Crippen LogP contribution in [0.2, 0.25) is 0 Å². The first-order valence-electron chi connectivity index (χ1n) is 11.9. The third-order valence-corrected chi connectivity index (χ3v) is 6.37. The second-order valence-electron chi connectivity index (χ2n) is 8.77. The van der Waals surface area contributed by atoms with Crippen LogP contribution in [0.1, 0.15) is 35.9 Å². The van der Waals surface area contributed by atoms with Crippen LogP contribution in [0.4, 0.5) is 0 Å². The largest absolute Gasteiger partial charge is 0.352 e. The van der Waals surface area contributed by atoms with Gasteiger partial charge in [0, 0.05) is 32.5 Å². The van der Waals surface area contributed by atoms with Crippen LogP contribution in [-0.2, 0) is 30.7 Å². The van der Waals surface area contributed by atoms with Crippen LogP contribution in [-0.4, -0.2) is 41.8 Å². The van der Waals surface area contributed by atoms with Crippen LogP contribution in [0.15, 0.2) is 62.6 Å². The fourth-order valence-electron chi connectivity index (χ4n) is 4.32. The smallest absolute Gasteiger partial charge is 0.339 e. The molecular weight excluding hydrogens is 460 g/mol. The lowest BCUT2D eigenvalue weighted by molar-refractivity contribution is -0.132. The van der Waals surface area contributed by atoms with Crippen molar-refractivity contribution in [1.82, 2.24) is 29.4 Å². The maximum atomic E-state index is 12.9. The van der Waals surface area contributed by atoms with E-state index >= 15 is 0 Å². The van der Waals surface area contributed by atoms with Gasteiger partial charge in [-0.25, -0.2) is 4.79 Å². The van der Waals surface area contributed by atoms with Crippen molar-refractivity contribution < 1.29 is 9.32 Å². The van der Waals surface area contributed by atoms with Gasteiger partial charge in [0.15, 0.2) is 5.69 Å². The number of aromatic nitrogens is 5. The minimum Gasteiger partial charge on any atom is -0.339 e. The lowest BCUT2D eigenvalue weighted by Gasteiger charge is -2.28. The molecule has 0 atom stereocenters. The van der Waals surface area contributed by atoms with Crippen LogP contribution < -0.4 is 11.2 Å². The summed E-state index contributed by atoms with van der Waals surface area (Å²) < 4.78 is 7.57. The number of hydrogen-bond donors (Lipinski definition) is 0. The second-order valence-corrected chi connectivity index (χ2v) is 8.77. The average Bonchev–Trinajstić information content (AvgIpc) is 3.37. The Labute approximate surface area is 206 Å². The first-order valence-corrected chi connectivity index (χ1v) is 11.9. The monoisotopic (exact) mass is 486 g/mol. The highest BCUT2D eigenvalue weighted by Gasteiger charge is 2.23. The molecule has 2 aromatic carbocycles. The normalized spacial score (nSPS) is 13.0. The van der Waals surface area contributed by atoms with Crippen LogP contribution in [0, 0.1) is 6.92 Å². The van der Waals surface area contributed by atoms with Gasteiger partial charge in [-0.1, -0.05) is 47.1 Å². The molecule has 3 heterocycles. The standard InChI is InChI=1S/C26H26N6O4/c1-3-31-25(34)23(28-32(26(31)35)20-10-8-17(2)9-11-20)24-27-21(36-29-24)12-13-22(33)30-15-14-18-6-4-5-7-19(18)16-30/h4-11H,3,12-16H2,1-2H3. The van der Waals surface area contributed by atoms with Gasteiger partial charge in [-0.2, -0.15) is 14.8 Å². The number of aryl methyl sites for hydroxylation is 2. The topological polar surface area (TPSA) is 116 Å². The van der Waals surface area contributed by atoms with Crippen molar-refractivity contribution in [2.24, 2.45) is 0 Å². The average molecular weight is 487 g/mol. The number of carbonyl (C=O) groups excluding carboxylic acids is 1. The maximum Gasteiger partial charge on any atom is 0.352 e. The second kappa shape index (κ2) is 9.73. The Morgan fingerprint density at radius 3 is 2.56 bits per heavy atom. The Hall–Kier alpha value is -4.34. The number of benzene rings is 2. The van der Waals surface area contributed by atoms with E-state index in [1.807, 2.05) is 42.2 Å². The van der Waals surface area contributed by atoms with Gasteiger partial charge in [-0.15, -0.1) is 0 Å². The number of amides is 1. The maximum absolute atomic E-state index is 12.9. The molecule has 1 amide bonds. The molecule has 0 bridgehead atoms. The summed E-state index contributed by atoms with van der Waals surface area (Å²) in [6.45, 7) is 5.07. The molecule has 10 heteroatoms. The Bertz CT molecular complexity index is 1530. The number of nitrogens with zero attached hydrogens (tertiary/aromatic N) is 6. The van der Waals surface area contributed by atoms with Crippen molar-refractivity contribution in [3.8, 4) is 17.2 Å². The zero-order valence-corrected chi connectivity index (χ0v) is 20.2. The third kappa shape index (κ3) is 4.49. The fourth-order valence-corrected chi connectivity index (χ4v) is 4.32. The Morgan fingerprint density at radius 1 is 1.06 bits per heavy atom. The van der Waals surface area contributed by atoms with Crippen molar-refractivity contribution in [2.45, 2.75) is 46.2 Å². The van der Waals surface area contributed by atoms with E-state index in [-0.39, 0.29) is 42.7 Å². The Balaban J connectivity index is 1.35. The first kappa shape index (κ1) is 23.4. The van der Waals surface area contributed by atoms with Crippen LogP contribution >= 0.6 is 0 Å². The minimum absolute atomic E-state index is 0.00337. The summed E-state index contributed by atoms with van der Waals surface area (Å²) in [5.41, 5.74) is 2.76. The third-order valence-electron chi connectivity index (χ3n) is 6.37. The molecule has 0 unspecified atom stereocenters. The predicted molar refractivity (Wildman–Crippen MR) is 132 cm³/mol. The van der Waals surface area contributed by atoms with E-state index in [1.54, 1.807) is 19.1 Å². The highest BCUT2D eigenvalue weighted by molar-refractivity contribution is 5.76. The minimum atomic E-state index is -0.596. The molecule has 0 N–H and O–H groups in total. The summed E-state index contributed by atoms with van der Waals surface area (Å²) in [4.78, 5) is 44.7. The van der Waals surface area contributed by atoms with Crippen molar-refractivity contribution in [1.29, 1.82) is 0 Å². The molecule has 0 saturated carbocycles. The quantitative estimate of drug-likeness (QED) is 0.411. The lowest BCUT2D eigenvalue weighted by atomic mass is 9.99. The lowest BCUT2D eigenvalue weighted by Crippen LogP contribution is -2.41. The molecule has 0 fully saturated rings. The molecule has 0 spiro atoms. The Kier molecular flexibility index (Phi) is 6.32. The van der Waals surface area contributed by atoms with Gasteiger partial charge in [0.2, 0.25) is 17.6 Å². The molecule has 36 heavy (non-hydrogen) atoms. The zero-order chi connectivity index (χ0) is 25.2. The van der Waals surface area contributed by atoms with Crippen molar-refractivity contribution >= 4 is 5.91 Å². The highest BCUT2D eigenvalue weighted by Crippen LogP contribution is 2.19. The van der Waals surface area contributed by atoms with Crippen LogP contribution in [0.25, 0.3) is 17.2 Å². The fraction of sp³-hybridized carbons (Fsp3) is 0.308. The summed E-state index contributed by atoms with van der Waals surface area (Å²) >= 11 is 0. The zero-order valence-electron chi connectivity index (χ0n) is 20.2. The molecule has 184 valence electrons. The van der Waals surface area contributed by atoms with Gasteiger partial charge >= 0.3 is 5.69 Å². The van der Waals surface area contributed by atoms with Crippen LogP contribution in [0.5, 0.6) is 0 Å². The summed E-state index contributed by atoms with van der Waals surface area (Å²) in [7, 11) is 0. The molecule has 1 aliphatic rings. The van der Waals surface area contributed by atoms with Crippen molar-refractivity contribution in [3.05, 3.63) is 92.0 Å². The molecule has 5 rings (SSSR count). The SMILES string of the molecule is CCn1c(=O)c(-c2noc(CCC(=O)N3CCc4ccccc4C3)n2)nn(-c2ccc(C)cc2)c1=O. The van der Waals surface area contributed by atoms with Crippen LogP contribution in [0.3, 0.4) is 0 Å². The van der Waals surface area contributed by atoms with Gasteiger partial charge in [0.05, 0.1) is 5.69 Å². The van der Waals surface area contributed by atoms with Crippen molar-refractivity contribution in [2.75, 3.05) is 6.54 Å². The molecule has 0 aliphatic carbocycles. The summed E-state index contributed by atoms with van der Waals surface area (Å²) in [6, 6.07) is 15.4.